The van der Waals surface area contributed by atoms with Gasteiger partial charge in [0, 0.05) is 14.9 Å². The molecule has 0 heterocycles. The topological polar surface area (TPSA) is 32.3 Å². The Labute approximate surface area is 110 Å². The third-order valence-electron chi connectivity index (χ3n) is 2.67. The van der Waals surface area contributed by atoms with Gasteiger partial charge in [0.05, 0.1) is 6.61 Å². The Hall–Kier alpha value is -0.0300. The summed E-state index contributed by atoms with van der Waals surface area (Å²) < 4.78 is 1.11. The van der Waals surface area contributed by atoms with E-state index in [-0.39, 0.29) is 12.1 Å². The maximum absolute atomic E-state index is 9.25. The second-order valence-corrected chi connectivity index (χ2v) is 6.11. The zero-order chi connectivity index (χ0) is 12.0. The van der Waals surface area contributed by atoms with Crippen LogP contribution in [0.5, 0.6) is 0 Å². The number of aliphatic hydroxyl groups is 1. The number of halogens is 1. The second kappa shape index (κ2) is 6.64. The molecule has 0 fully saturated rings. The number of likely N-dealkylation sites (N-methyl/N-ethyl adjacent to an activating group) is 1. The minimum atomic E-state index is -0.168. The van der Waals surface area contributed by atoms with E-state index in [2.05, 4.69) is 33.4 Å². The summed E-state index contributed by atoms with van der Waals surface area (Å²) >= 11 is 5.27. The highest BCUT2D eigenvalue weighted by molar-refractivity contribution is 9.10. The van der Waals surface area contributed by atoms with E-state index in [1.54, 1.807) is 0 Å². The van der Waals surface area contributed by atoms with Crippen molar-refractivity contribution in [2.45, 2.75) is 23.8 Å². The number of benzene rings is 1. The fourth-order valence-corrected chi connectivity index (χ4v) is 2.96. The van der Waals surface area contributed by atoms with Crippen LogP contribution in [0, 0.1) is 0 Å². The first kappa shape index (κ1) is 14.0. The van der Waals surface area contributed by atoms with E-state index in [0.717, 1.165) is 16.6 Å². The van der Waals surface area contributed by atoms with Crippen LogP contribution in [0.15, 0.2) is 33.6 Å². The lowest BCUT2D eigenvalue weighted by atomic mass is 10.0. The number of thioether (sulfide) groups is 1. The number of aliphatic hydroxyl groups excluding tert-OH is 1. The van der Waals surface area contributed by atoms with Crippen molar-refractivity contribution >= 4 is 27.7 Å². The largest absolute Gasteiger partial charge is 0.394 e. The average Bonchev–Trinajstić information content (AvgIpc) is 2.29. The summed E-state index contributed by atoms with van der Waals surface area (Å²) in [6.45, 7) is 2.21. The summed E-state index contributed by atoms with van der Waals surface area (Å²) in [5, 5.41) is 12.4. The number of hydrogen-bond donors (Lipinski definition) is 2. The normalized spacial score (nSPS) is 14.8. The van der Waals surface area contributed by atoms with E-state index in [9.17, 15) is 5.11 Å². The standard InChI is InChI=1S/C12H18BrNOS/c1-12(9-15,14-2)6-7-16-11-5-3-4-10(13)8-11/h3-5,8,14-15H,6-7,9H2,1-2H3. The molecule has 0 aromatic heterocycles. The molecule has 0 bridgehead atoms. The van der Waals surface area contributed by atoms with Crippen LogP contribution >= 0.6 is 27.7 Å². The van der Waals surface area contributed by atoms with Crippen molar-refractivity contribution in [3.63, 3.8) is 0 Å². The van der Waals surface area contributed by atoms with Gasteiger partial charge in [0.1, 0.15) is 0 Å². The maximum atomic E-state index is 9.25. The van der Waals surface area contributed by atoms with E-state index >= 15 is 0 Å². The van der Waals surface area contributed by atoms with Crippen LogP contribution in [0.3, 0.4) is 0 Å². The summed E-state index contributed by atoms with van der Waals surface area (Å²) in [4.78, 5) is 1.26. The number of nitrogens with one attached hydrogen (secondary N) is 1. The third-order valence-corrected chi connectivity index (χ3v) is 4.16. The zero-order valence-corrected chi connectivity index (χ0v) is 12.1. The predicted molar refractivity (Wildman–Crippen MR) is 74.0 cm³/mol. The van der Waals surface area contributed by atoms with Crippen molar-refractivity contribution in [1.82, 2.24) is 5.32 Å². The van der Waals surface area contributed by atoms with Gasteiger partial charge in [0.15, 0.2) is 0 Å². The van der Waals surface area contributed by atoms with E-state index in [0.29, 0.717) is 0 Å². The molecule has 1 atom stereocenters. The fourth-order valence-electron chi connectivity index (χ4n) is 1.23. The van der Waals surface area contributed by atoms with Gasteiger partial charge in [-0.2, -0.15) is 0 Å². The lowest BCUT2D eigenvalue weighted by Gasteiger charge is -2.26. The molecule has 0 aliphatic rings. The van der Waals surface area contributed by atoms with Crippen LogP contribution < -0.4 is 5.32 Å². The highest BCUT2D eigenvalue weighted by Gasteiger charge is 2.19. The maximum Gasteiger partial charge on any atom is 0.0610 e. The molecular formula is C12H18BrNOS. The van der Waals surface area contributed by atoms with Gasteiger partial charge in [0.2, 0.25) is 0 Å². The molecule has 2 N–H and O–H groups in total. The molecule has 16 heavy (non-hydrogen) atoms. The van der Waals surface area contributed by atoms with Crippen LogP contribution in [-0.4, -0.2) is 30.1 Å². The molecule has 0 amide bonds. The van der Waals surface area contributed by atoms with Crippen molar-refractivity contribution in [2.75, 3.05) is 19.4 Å². The SMILES string of the molecule is CNC(C)(CO)CCSc1cccc(Br)c1. The van der Waals surface area contributed by atoms with Gasteiger partial charge in [-0.3, -0.25) is 0 Å². The molecular weight excluding hydrogens is 286 g/mol. The Morgan fingerprint density at radius 2 is 2.25 bits per heavy atom. The monoisotopic (exact) mass is 303 g/mol. The molecule has 1 unspecified atom stereocenters. The minimum absolute atomic E-state index is 0.168. The fraction of sp³-hybridized carbons (Fsp3) is 0.500. The summed E-state index contributed by atoms with van der Waals surface area (Å²) in [5.41, 5.74) is -0.168. The van der Waals surface area contributed by atoms with Crippen molar-refractivity contribution in [2.24, 2.45) is 0 Å². The van der Waals surface area contributed by atoms with Gasteiger partial charge in [-0.25, -0.2) is 0 Å². The first-order valence-electron chi connectivity index (χ1n) is 5.28. The van der Waals surface area contributed by atoms with E-state index in [1.807, 2.05) is 37.9 Å². The molecule has 0 saturated heterocycles. The van der Waals surface area contributed by atoms with E-state index in [4.69, 9.17) is 0 Å². The second-order valence-electron chi connectivity index (χ2n) is 4.02. The van der Waals surface area contributed by atoms with Crippen molar-refractivity contribution < 1.29 is 5.11 Å². The number of rotatable bonds is 6. The molecule has 0 spiro atoms. The summed E-state index contributed by atoms with van der Waals surface area (Å²) in [5.74, 6) is 0.994. The lowest BCUT2D eigenvalue weighted by molar-refractivity contribution is 0.179. The molecule has 90 valence electrons. The van der Waals surface area contributed by atoms with E-state index < -0.39 is 0 Å². The Bertz CT molecular complexity index is 329. The van der Waals surface area contributed by atoms with Crippen molar-refractivity contribution in [3.05, 3.63) is 28.7 Å². The molecule has 2 nitrogen and oxygen atoms in total. The number of hydrogen-bond acceptors (Lipinski definition) is 3. The van der Waals surface area contributed by atoms with Gasteiger partial charge in [0.25, 0.3) is 0 Å². The minimum Gasteiger partial charge on any atom is -0.394 e. The highest BCUT2D eigenvalue weighted by atomic mass is 79.9. The lowest BCUT2D eigenvalue weighted by Crippen LogP contribution is -2.43. The molecule has 4 heteroatoms. The van der Waals surface area contributed by atoms with Gasteiger partial charge >= 0.3 is 0 Å². The first-order chi connectivity index (χ1) is 7.59. The zero-order valence-electron chi connectivity index (χ0n) is 9.66. The van der Waals surface area contributed by atoms with Crippen LogP contribution in [0.25, 0.3) is 0 Å². The summed E-state index contributed by atoms with van der Waals surface area (Å²) in [6, 6.07) is 8.27. The Kier molecular flexibility index (Phi) is 5.83. The Morgan fingerprint density at radius 3 is 2.81 bits per heavy atom. The van der Waals surface area contributed by atoms with Gasteiger partial charge in [-0.15, -0.1) is 11.8 Å². The van der Waals surface area contributed by atoms with Crippen LogP contribution in [0.1, 0.15) is 13.3 Å². The van der Waals surface area contributed by atoms with Gasteiger partial charge < -0.3 is 10.4 Å². The predicted octanol–water partition coefficient (Wildman–Crippen LogP) is 2.90. The smallest absolute Gasteiger partial charge is 0.0610 e. The molecule has 0 radical (unpaired) electrons. The van der Waals surface area contributed by atoms with E-state index in [1.165, 1.54) is 4.90 Å². The first-order valence-corrected chi connectivity index (χ1v) is 7.06. The van der Waals surface area contributed by atoms with Crippen molar-refractivity contribution in [1.29, 1.82) is 0 Å². The van der Waals surface area contributed by atoms with Crippen molar-refractivity contribution in [3.8, 4) is 0 Å². The highest BCUT2D eigenvalue weighted by Crippen LogP contribution is 2.24. The summed E-state index contributed by atoms with van der Waals surface area (Å²) in [6.07, 6.45) is 0.942. The van der Waals surface area contributed by atoms with Crippen LogP contribution in [0.4, 0.5) is 0 Å². The van der Waals surface area contributed by atoms with Crippen LogP contribution in [0.2, 0.25) is 0 Å². The molecule has 0 aliphatic heterocycles. The summed E-state index contributed by atoms with van der Waals surface area (Å²) in [7, 11) is 1.89. The molecule has 0 saturated carbocycles. The Balaban J connectivity index is 2.41. The quantitative estimate of drug-likeness (QED) is 0.793. The third kappa shape index (κ3) is 4.45. The molecule has 1 aromatic carbocycles. The van der Waals surface area contributed by atoms with Gasteiger partial charge in [-0.1, -0.05) is 22.0 Å². The molecule has 1 aromatic rings. The van der Waals surface area contributed by atoms with Crippen LogP contribution in [-0.2, 0) is 0 Å². The average molecular weight is 304 g/mol. The molecule has 0 aliphatic carbocycles. The molecule has 1 rings (SSSR count). The van der Waals surface area contributed by atoms with Gasteiger partial charge in [-0.05, 0) is 44.3 Å². The Morgan fingerprint density at radius 1 is 1.50 bits per heavy atom.